The fourth-order valence-corrected chi connectivity index (χ4v) is 1.69. The highest BCUT2D eigenvalue weighted by Crippen LogP contribution is 2.14. The van der Waals surface area contributed by atoms with Crippen molar-refractivity contribution in [2.24, 2.45) is 0 Å². The molecule has 1 amide bonds. The van der Waals surface area contributed by atoms with E-state index in [4.69, 9.17) is 11.6 Å². The third kappa shape index (κ3) is 2.51. The van der Waals surface area contributed by atoms with Crippen LogP contribution in [0.5, 0.6) is 0 Å². The van der Waals surface area contributed by atoms with Crippen LogP contribution in [0.4, 0.5) is 5.69 Å². The lowest BCUT2D eigenvalue weighted by Crippen LogP contribution is -2.10. The zero-order chi connectivity index (χ0) is 10.7. The number of nitrogens with one attached hydrogen (secondary N) is 1. The lowest BCUT2D eigenvalue weighted by molar-refractivity contribution is 0.103. The van der Waals surface area contributed by atoms with E-state index in [2.05, 4.69) is 15.3 Å². The highest BCUT2D eigenvalue weighted by atomic mass is 35.5. The van der Waals surface area contributed by atoms with Gasteiger partial charge in [-0.2, -0.15) is 0 Å². The number of hydrogen-bond donors (Lipinski definition) is 1. The molecule has 15 heavy (non-hydrogen) atoms. The molecule has 76 valence electrons. The van der Waals surface area contributed by atoms with Gasteiger partial charge in [-0.1, -0.05) is 11.6 Å². The van der Waals surface area contributed by atoms with E-state index >= 15 is 0 Å². The fraction of sp³-hybridized carbons (Fsp3) is 0. The van der Waals surface area contributed by atoms with Gasteiger partial charge in [0.2, 0.25) is 0 Å². The molecule has 0 bridgehead atoms. The Morgan fingerprint density at radius 3 is 3.07 bits per heavy atom. The number of anilines is 1. The molecule has 0 aliphatic carbocycles. The van der Waals surface area contributed by atoms with E-state index in [-0.39, 0.29) is 5.91 Å². The number of amides is 1. The van der Waals surface area contributed by atoms with Gasteiger partial charge in [-0.05, 0) is 12.1 Å². The summed E-state index contributed by atoms with van der Waals surface area (Å²) in [6, 6.07) is 3.26. The third-order valence-electron chi connectivity index (χ3n) is 1.64. The van der Waals surface area contributed by atoms with Crippen LogP contribution in [0.25, 0.3) is 0 Å². The van der Waals surface area contributed by atoms with E-state index in [1.54, 1.807) is 17.6 Å². The average Bonchev–Trinajstić information content (AvgIpc) is 2.70. The highest BCUT2D eigenvalue weighted by Gasteiger charge is 2.07. The number of carbonyl (C=O) groups is 1. The predicted molar refractivity (Wildman–Crippen MR) is 59.3 cm³/mol. The standard InChI is InChI=1S/C9H6ClN3OS/c10-8-3-6(1-2-12-8)13-9(14)7-4-11-5-15-7/h1-5H,(H,12,13,14). The minimum Gasteiger partial charge on any atom is -0.321 e. The number of nitrogens with zero attached hydrogens (tertiary/aromatic N) is 2. The molecule has 0 unspecified atom stereocenters. The molecule has 0 aromatic carbocycles. The first kappa shape index (κ1) is 10.1. The zero-order valence-electron chi connectivity index (χ0n) is 7.48. The largest absolute Gasteiger partial charge is 0.321 e. The minimum absolute atomic E-state index is 0.195. The second-order valence-corrected chi connectivity index (χ2v) is 3.96. The van der Waals surface area contributed by atoms with Gasteiger partial charge in [-0.25, -0.2) is 4.98 Å². The summed E-state index contributed by atoms with van der Waals surface area (Å²) in [6.45, 7) is 0. The van der Waals surface area contributed by atoms with Gasteiger partial charge in [0.1, 0.15) is 10.0 Å². The molecule has 0 saturated heterocycles. The fourth-order valence-electron chi connectivity index (χ4n) is 1.00. The Labute approximate surface area is 94.9 Å². The van der Waals surface area contributed by atoms with Crippen molar-refractivity contribution in [1.82, 2.24) is 9.97 Å². The number of rotatable bonds is 2. The summed E-state index contributed by atoms with van der Waals surface area (Å²) in [4.78, 5) is 19.8. The van der Waals surface area contributed by atoms with Crippen molar-refractivity contribution >= 4 is 34.5 Å². The Hall–Kier alpha value is -1.46. The molecule has 4 nitrogen and oxygen atoms in total. The van der Waals surface area contributed by atoms with Gasteiger partial charge in [0.05, 0.1) is 11.7 Å². The van der Waals surface area contributed by atoms with Crippen LogP contribution in [-0.4, -0.2) is 15.9 Å². The van der Waals surface area contributed by atoms with Gasteiger partial charge in [0.25, 0.3) is 5.91 Å². The molecule has 2 heterocycles. The summed E-state index contributed by atoms with van der Waals surface area (Å²) in [7, 11) is 0. The first-order valence-electron chi connectivity index (χ1n) is 4.07. The Balaban J connectivity index is 2.13. The Bertz CT molecular complexity index is 472. The third-order valence-corrected chi connectivity index (χ3v) is 2.62. The molecule has 0 aliphatic rings. The van der Waals surface area contributed by atoms with E-state index in [0.717, 1.165) is 0 Å². The molecule has 6 heteroatoms. The van der Waals surface area contributed by atoms with Crippen molar-refractivity contribution in [2.75, 3.05) is 5.32 Å². The SMILES string of the molecule is O=C(Nc1ccnc(Cl)c1)c1cncs1. The molecule has 0 saturated carbocycles. The Kier molecular flexibility index (Phi) is 2.94. The summed E-state index contributed by atoms with van der Waals surface area (Å²) >= 11 is 6.96. The Morgan fingerprint density at radius 1 is 1.53 bits per heavy atom. The van der Waals surface area contributed by atoms with Crippen molar-refractivity contribution in [3.8, 4) is 0 Å². The zero-order valence-corrected chi connectivity index (χ0v) is 9.05. The summed E-state index contributed by atoms with van der Waals surface area (Å²) < 4.78 is 0. The number of halogens is 1. The first-order valence-corrected chi connectivity index (χ1v) is 5.33. The lowest BCUT2D eigenvalue weighted by Gasteiger charge is -2.02. The molecule has 2 aromatic heterocycles. The van der Waals surface area contributed by atoms with E-state index in [1.165, 1.54) is 23.7 Å². The summed E-state index contributed by atoms with van der Waals surface area (Å²) in [6.07, 6.45) is 3.05. The van der Waals surface area contributed by atoms with Gasteiger partial charge < -0.3 is 5.32 Å². The van der Waals surface area contributed by atoms with E-state index in [0.29, 0.717) is 15.7 Å². The second kappa shape index (κ2) is 4.37. The van der Waals surface area contributed by atoms with Crippen LogP contribution >= 0.6 is 22.9 Å². The summed E-state index contributed by atoms with van der Waals surface area (Å²) in [5, 5.41) is 3.04. The molecule has 0 fully saturated rings. The number of aromatic nitrogens is 2. The average molecular weight is 240 g/mol. The van der Waals surface area contributed by atoms with Crippen LogP contribution in [0.15, 0.2) is 30.0 Å². The molecule has 1 N–H and O–H groups in total. The molecule has 0 spiro atoms. The van der Waals surface area contributed by atoms with E-state index in [1.807, 2.05) is 0 Å². The molecule has 2 aromatic rings. The molecule has 0 radical (unpaired) electrons. The van der Waals surface area contributed by atoms with Gasteiger partial charge in [0, 0.05) is 11.9 Å². The molecule has 0 aliphatic heterocycles. The number of pyridine rings is 1. The second-order valence-electron chi connectivity index (χ2n) is 2.69. The van der Waals surface area contributed by atoms with Crippen molar-refractivity contribution in [3.05, 3.63) is 40.1 Å². The maximum absolute atomic E-state index is 11.6. The van der Waals surface area contributed by atoms with E-state index < -0.39 is 0 Å². The van der Waals surface area contributed by atoms with Gasteiger partial charge in [0.15, 0.2) is 0 Å². The molecular formula is C9H6ClN3OS. The van der Waals surface area contributed by atoms with E-state index in [9.17, 15) is 4.79 Å². The van der Waals surface area contributed by atoms with Gasteiger partial charge in [-0.3, -0.25) is 9.78 Å². The van der Waals surface area contributed by atoms with Crippen LogP contribution in [-0.2, 0) is 0 Å². The van der Waals surface area contributed by atoms with Crippen molar-refractivity contribution in [3.63, 3.8) is 0 Å². The van der Waals surface area contributed by atoms with Crippen molar-refractivity contribution in [1.29, 1.82) is 0 Å². The molecular weight excluding hydrogens is 234 g/mol. The van der Waals surface area contributed by atoms with Gasteiger partial charge in [-0.15, -0.1) is 11.3 Å². The van der Waals surface area contributed by atoms with Crippen LogP contribution in [0.3, 0.4) is 0 Å². The smallest absolute Gasteiger partial charge is 0.267 e. The summed E-state index contributed by atoms with van der Waals surface area (Å²) in [5.74, 6) is -0.195. The van der Waals surface area contributed by atoms with Crippen LogP contribution < -0.4 is 5.32 Å². The summed E-state index contributed by atoms with van der Waals surface area (Å²) in [5.41, 5.74) is 2.22. The minimum atomic E-state index is -0.195. The van der Waals surface area contributed by atoms with Crippen molar-refractivity contribution in [2.45, 2.75) is 0 Å². The number of thiazole rings is 1. The van der Waals surface area contributed by atoms with Crippen molar-refractivity contribution < 1.29 is 4.79 Å². The maximum atomic E-state index is 11.6. The quantitative estimate of drug-likeness (QED) is 0.819. The van der Waals surface area contributed by atoms with Crippen LogP contribution in [0, 0.1) is 0 Å². The normalized spacial score (nSPS) is 9.93. The van der Waals surface area contributed by atoms with Crippen LogP contribution in [0.1, 0.15) is 9.67 Å². The molecule has 0 atom stereocenters. The predicted octanol–water partition coefficient (Wildman–Crippen LogP) is 2.44. The molecule has 2 rings (SSSR count). The Morgan fingerprint density at radius 2 is 2.40 bits per heavy atom. The van der Waals surface area contributed by atoms with Crippen LogP contribution in [0.2, 0.25) is 5.15 Å². The monoisotopic (exact) mass is 239 g/mol. The topological polar surface area (TPSA) is 54.9 Å². The lowest BCUT2D eigenvalue weighted by atomic mass is 10.4. The number of carbonyl (C=O) groups excluding carboxylic acids is 1. The highest BCUT2D eigenvalue weighted by molar-refractivity contribution is 7.11. The van der Waals surface area contributed by atoms with Gasteiger partial charge >= 0.3 is 0 Å². The first-order chi connectivity index (χ1) is 7.25. The number of hydrogen-bond acceptors (Lipinski definition) is 4. The maximum Gasteiger partial charge on any atom is 0.267 e.